The fourth-order valence-electron chi connectivity index (χ4n) is 1.60. The van der Waals surface area contributed by atoms with Crippen LogP contribution in [0.5, 0.6) is 5.75 Å². The van der Waals surface area contributed by atoms with E-state index in [9.17, 15) is 17.2 Å². The van der Waals surface area contributed by atoms with Crippen LogP contribution in [-0.2, 0) is 16.6 Å². The topological polar surface area (TPSA) is 68.3 Å². The number of rotatable bonds is 7. The number of alkyl halides is 2. The van der Waals surface area contributed by atoms with Gasteiger partial charge in [0.15, 0.2) is 0 Å². The van der Waals surface area contributed by atoms with Crippen molar-refractivity contribution in [2.24, 2.45) is 0 Å². The lowest BCUT2D eigenvalue weighted by Gasteiger charge is -2.08. The summed E-state index contributed by atoms with van der Waals surface area (Å²) in [5, 5.41) is 0.665. The predicted octanol–water partition coefficient (Wildman–Crippen LogP) is 2.57. The van der Waals surface area contributed by atoms with Crippen molar-refractivity contribution < 1.29 is 21.9 Å². The van der Waals surface area contributed by atoms with Gasteiger partial charge in [-0.1, -0.05) is 0 Å². The summed E-state index contributed by atoms with van der Waals surface area (Å²) in [6.07, 6.45) is -0.907. The standard InChI is InChI=1S/C13H14F2N2O3S2/c1-9-6-16-13(21-9)7-17-22(18,19)11-4-2-10(3-5-11)20-8-12(14)15/h2-6,12,17H,7-8H2,1H3. The molecule has 120 valence electrons. The third-order valence-electron chi connectivity index (χ3n) is 2.59. The first-order valence-electron chi connectivity index (χ1n) is 6.29. The minimum absolute atomic E-state index is 0.0326. The van der Waals surface area contributed by atoms with Crippen LogP contribution < -0.4 is 9.46 Å². The van der Waals surface area contributed by atoms with E-state index in [0.29, 0.717) is 5.01 Å². The smallest absolute Gasteiger partial charge is 0.272 e. The number of benzene rings is 1. The monoisotopic (exact) mass is 348 g/mol. The van der Waals surface area contributed by atoms with Gasteiger partial charge >= 0.3 is 0 Å². The highest BCUT2D eigenvalue weighted by molar-refractivity contribution is 7.89. The molecule has 9 heteroatoms. The molecule has 2 rings (SSSR count). The Hall–Kier alpha value is -1.58. The van der Waals surface area contributed by atoms with Gasteiger partial charge in [0.25, 0.3) is 6.43 Å². The minimum atomic E-state index is -3.68. The second-order valence-electron chi connectivity index (χ2n) is 4.36. The Labute approximate surface area is 131 Å². The van der Waals surface area contributed by atoms with Gasteiger partial charge in [0.1, 0.15) is 17.4 Å². The highest BCUT2D eigenvalue weighted by Crippen LogP contribution is 2.17. The van der Waals surface area contributed by atoms with E-state index in [1.54, 1.807) is 6.20 Å². The maximum atomic E-state index is 12.1. The van der Waals surface area contributed by atoms with Gasteiger partial charge in [-0.2, -0.15) is 0 Å². The minimum Gasteiger partial charge on any atom is -0.488 e. The summed E-state index contributed by atoms with van der Waals surface area (Å²) < 4.78 is 55.4. The van der Waals surface area contributed by atoms with E-state index >= 15 is 0 Å². The molecule has 0 aliphatic carbocycles. The number of halogens is 2. The van der Waals surface area contributed by atoms with Crippen LogP contribution in [-0.4, -0.2) is 26.4 Å². The van der Waals surface area contributed by atoms with Crippen molar-refractivity contribution in [3.8, 4) is 5.75 Å². The molecule has 0 fully saturated rings. The van der Waals surface area contributed by atoms with Crippen LogP contribution in [0.25, 0.3) is 0 Å². The van der Waals surface area contributed by atoms with Crippen LogP contribution in [0.4, 0.5) is 8.78 Å². The molecule has 1 aromatic carbocycles. The molecular weight excluding hydrogens is 334 g/mol. The van der Waals surface area contributed by atoms with Crippen LogP contribution in [0, 0.1) is 6.92 Å². The molecule has 0 atom stereocenters. The van der Waals surface area contributed by atoms with E-state index < -0.39 is 23.1 Å². The van der Waals surface area contributed by atoms with Gasteiger partial charge in [0.2, 0.25) is 10.0 Å². The summed E-state index contributed by atoms with van der Waals surface area (Å²) in [7, 11) is -3.68. The molecule has 0 spiro atoms. The predicted molar refractivity (Wildman–Crippen MR) is 78.8 cm³/mol. The summed E-state index contributed by atoms with van der Waals surface area (Å²) in [5.41, 5.74) is 0. The lowest BCUT2D eigenvalue weighted by molar-refractivity contribution is 0.0819. The largest absolute Gasteiger partial charge is 0.488 e. The van der Waals surface area contributed by atoms with Gasteiger partial charge in [-0.15, -0.1) is 11.3 Å². The zero-order valence-electron chi connectivity index (χ0n) is 11.6. The molecule has 0 saturated carbocycles. The molecular formula is C13H14F2N2O3S2. The summed E-state index contributed by atoms with van der Waals surface area (Å²) in [6.45, 7) is 1.26. The number of ether oxygens (including phenoxy) is 1. The first-order valence-corrected chi connectivity index (χ1v) is 8.59. The molecule has 0 aliphatic heterocycles. The van der Waals surface area contributed by atoms with E-state index in [4.69, 9.17) is 4.74 Å². The molecule has 0 aliphatic rings. The molecule has 0 bridgehead atoms. The van der Waals surface area contributed by atoms with Gasteiger partial charge in [-0.25, -0.2) is 26.9 Å². The number of nitrogens with one attached hydrogen (secondary N) is 1. The Balaban J connectivity index is 1.99. The lowest BCUT2D eigenvalue weighted by Crippen LogP contribution is -2.23. The molecule has 2 aromatic rings. The van der Waals surface area contributed by atoms with Crippen LogP contribution >= 0.6 is 11.3 Å². The molecule has 22 heavy (non-hydrogen) atoms. The maximum absolute atomic E-state index is 12.1. The average Bonchev–Trinajstić information content (AvgIpc) is 2.89. The number of thiazole rings is 1. The molecule has 0 saturated heterocycles. The van der Waals surface area contributed by atoms with Crippen LogP contribution in [0.2, 0.25) is 0 Å². The van der Waals surface area contributed by atoms with Crippen molar-refractivity contribution in [2.75, 3.05) is 6.61 Å². The van der Waals surface area contributed by atoms with E-state index in [2.05, 4.69) is 9.71 Å². The Morgan fingerprint density at radius 1 is 1.32 bits per heavy atom. The highest BCUT2D eigenvalue weighted by atomic mass is 32.2. The van der Waals surface area contributed by atoms with Gasteiger partial charge in [-0.05, 0) is 31.2 Å². The number of sulfonamides is 1. The number of hydrogen-bond acceptors (Lipinski definition) is 5. The summed E-state index contributed by atoms with van der Waals surface area (Å²) >= 11 is 1.41. The Kier molecular flexibility index (Phi) is 5.43. The van der Waals surface area contributed by atoms with Crippen LogP contribution in [0.15, 0.2) is 35.4 Å². The van der Waals surface area contributed by atoms with E-state index in [1.807, 2.05) is 6.92 Å². The first-order chi connectivity index (χ1) is 10.4. The van der Waals surface area contributed by atoms with Crippen molar-refractivity contribution in [2.45, 2.75) is 24.8 Å². The number of aryl methyl sites for hydroxylation is 1. The van der Waals surface area contributed by atoms with Crippen molar-refractivity contribution in [1.29, 1.82) is 0 Å². The van der Waals surface area contributed by atoms with Crippen molar-refractivity contribution in [3.05, 3.63) is 40.3 Å². The number of hydrogen-bond donors (Lipinski definition) is 1. The van der Waals surface area contributed by atoms with E-state index in [1.165, 1.54) is 35.6 Å². The van der Waals surface area contributed by atoms with Crippen molar-refractivity contribution in [3.63, 3.8) is 0 Å². The molecule has 0 unspecified atom stereocenters. The molecule has 1 aromatic heterocycles. The van der Waals surface area contributed by atoms with Gasteiger partial charge in [0, 0.05) is 11.1 Å². The molecule has 0 radical (unpaired) electrons. The number of aromatic nitrogens is 1. The normalized spacial score (nSPS) is 11.8. The van der Waals surface area contributed by atoms with Gasteiger partial charge < -0.3 is 4.74 Å². The maximum Gasteiger partial charge on any atom is 0.272 e. The fraction of sp³-hybridized carbons (Fsp3) is 0.308. The summed E-state index contributed by atoms with van der Waals surface area (Å²) in [6, 6.07) is 5.28. The zero-order chi connectivity index (χ0) is 16.2. The van der Waals surface area contributed by atoms with Crippen molar-refractivity contribution in [1.82, 2.24) is 9.71 Å². The third kappa shape index (κ3) is 4.72. The number of nitrogens with zero attached hydrogens (tertiary/aromatic N) is 1. The average molecular weight is 348 g/mol. The molecule has 0 amide bonds. The van der Waals surface area contributed by atoms with E-state index in [-0.39, 0.29) is 17.2 Å². The third-order valence-corrected chi connectivity index (χ3v) is 4.92. The second-order valence-corrected chi connectivity index (χ2v) is 7.45. The molecule has 5 nitrogen and oxygen atoms in total. The molecule has 1 heterocycles. The quantitative estimate of drug-likeness (QED) is 0.835. The van der Waals surface area contributed by atoms with E-state index in [0.717, 1.165) is 4.88 Å². The summed E-state index contributed by atoms with van der Waals surface area (Å²) in [4.78, 5) is 5.10. The van der Waals surface area contributed by atoms with Gasteiger partial charge in [-0.3, -0.25) is 0 Å². The molecule has 1 N–H and O–H groups in total. The van der Waals surface area contributed by atoms with Crippen molar-refractivity contribution >= 4 is 21.4 Å². The first kappa shape index (κ1) is 16.8. The van der Waals surface area contributed by atoms with Crippen LogP contribution in [0.3, 0.4) is 0 Å². The zero-order valence-corrected chi connectivity index (χ0v) is 13.3. The SMILES string of the molecule is Cc1cnc(CNS(=O)(=O)c2ccc(OCC(F)F)cc2)s1. The van der Waals surface area contributed by atoms with Gasteiger partial charge in [0.05, 0.1) is 11.4 Å². The Morgan fingerprint density at radius 2 is 2.00 bits per heavy atom. The van der Waals surface area contributed by atoms with Crippen LogP contribution in [0.1, 0.15) is 9.88 Å². The summed E-state index contributed by atoms with van der Waals surface area (Å²) in [5.74, 6) is 0.190. The fourth-order valence-corrected chi connectivity index (χ4v) is 3.40. The Bertz CT molecular complexity index is 715. The second kappa shape index (κ2) is 7.12. The highest BCUT2D eigenvalue weighted by Gasteiger charge is 2.15. The Morgan fingerprint density at radius 3 is 2.55 bits per heavy atom. The lowest BCUT2D eigenvalue weighted by atomic mass is 10.3.